The third kappa shape index (κ3) is 4.77. The molecule has 0 aliphatic heterocycles. The number of hydrogen-bond donors (Lipinski definition) is 1. The molecule has 6 heteroatoms. The number of aryl methyl sites for hydroxylation is 2. The van der Waals surface area contributed by atoms with Gasteiger partial charge in [0.1, 0.15) is 11.9 Å². The summed E-state index contributed by atoms with van der Waals surface area (Å²) < 4.78 is 21.2. The number of nitrogens with zero attached hydrogens (tertiary/aromatic N) is 2. The molecule has 0 saturated carbocycles. The van der Waals surface area contributed by atoms with E-state index in [0.29, 0.717) is 16.5 Å². The van der Waals surface area contributed by atoms with Gasteiger partial charge in [0.05, 0.1) is 36.5 Å². The molecule has 0 aliphatic rings. The molecular weight excluding hydrogens is 407 g/mol. The van der Waals surface area contributed by atoms with E-state index < -0.39 is 11.9 Å². The molecule has 5 nitrogen and oxygen atoms in total. The van der Waals surface area contributed by atoms with Gasteiger partial charge in [0, 0.05) is 6.07 Å². The molecule has 4 rings (SSSR count). The first kappa shape index (κ1) is 21.9. The van der Waals surface area contributed by atoms with Crippen molar-refractivity contribution in [2.45, 2.75) is 32.6 Å². The number of aromatic nitrogens is 2. The van der Waals surface area contributed by atoms with Gasteiger partial charge in [-0.25, -0.2) is 9.37 Å². The lowest BCUT2D eigenvalue weighted by atomic mass is 10.0. The number of fused-ring (bicyclic) bond motifs is 1. The summed E-state index contributed by atoms with van der Waals surface area (Å²) in [5.74, 6) is -0.404. The molecule has 1 heterocycles. The van der Waals surface area contributed by atoms with Crippen LogP contribution in [0.25, 0.3) is 10.9 Å². The Bertz CT molecular complexity index is 1270. The maximum absolute atomic E-state index is 13.8. The maximum atomic E-state index is 13.8. The van der Waals surface area contributed by atoms with E-state index in [9.17, 15) is 14.3 Å². The van der Waals surface area contributed by atoms with Gasteiger partial charge in [-0.2, -0.15) is 0 Å². The average molecular weight is 432 g/mol. The molecule has 164 valence electrons. The van der Waals surface area contributed by atoms with Gasteiger partial charge in [0.2, 0.25) is 0 Å². The van der Waals surface area contributed by atoms with E-state index in [0.717, 1.165) is 16.7 Å². The van der Waals surface area contributed by atoms with E-state index in [1.54, 1.807) is 6.92 Å². The number of benzene rings is 3. The van der Waals surface area contributed by atoms with Gasteiger partial charge in [-0.05, 0) is 36.6 Å². The summed E-state index contributed by atoms with van der Waals surface area (Å²) in [5.41, 5.74) is 3.46. The van der Waals surface area contributed by atoms with Crippen LogP contribution in [0.2, 0.25) is 0 Å². The molecule has 0 bridgehead atoms. The average Bonchev–Trinajstić information content (AvgIpc) is 2.79. The van der Waals surface area contributed by atoms with Crippen LogP contribution in [-0.4, -0.2) is 27.4 Å². The van der Waals surface area contributed by atoms with Crippen molar-refractivity contribution in [3.63, 3.8) is 0 Å². The molecular formula is C26H25FN2O3. The minimum absolute atomic E-state index is 0.0214. The van der Waals surface area contributed by atoms with Crippen molar-refractivity contribution < 1.29 is 14.2 Å². The first-order valence-electron chi connectivity index (χ1n) is 10.5. The fraction of sp³-hybridized carbons (Fsp3) is 0.231. The molecule has 32 heavy (non-hydrogen) atoms. The Labute approximate surface area is 185 Å². The van der Waals surface area contributed by atoms with Crippen LogP contribution in [0.3, 0.4) is 0 Å². The lowest BCUT2D eigenvalue weighted by Gasteiger charge is -2.21. The molecule has 0 fully saturated rings. The number of rotatable bonds is 7. The van der Waals surface area contributed by atoms with Crippen LogP contribution in [0, 0.1) is 19.7 Å². The third-order valence-electron chi connectivity index (χ3n) is 5.45. The van der Waals surface area contributed by atoms with Crippen LogP contribution >= 0.6 is 0 Å². The highest BCUT2D eigenvalue weighted by molar-refractivity contribution is 5.78. The molecule has 0 radical (unpaired) electrons. The Hall–Kier alpha value is -3.35. The Kier molecular flexibility index (Phi) is 6.44. The second-order valence-electron chi connectivity index (χ2n) is 8.01. The van der Waals surface area contributed by atoms with Gasteiger partial charge in [0.25, 0.3) is 5.56 Å². The molecule has 2 atom stereocenters. The highest BCUT2D eigenvalue weighted by atomic mass is 19.1. The van der Waals surface area contributed by atoms with E-state index >= 15 is 0 Å². The van der Waals surface area contributed by atoms with E-state index in [4.69, 9.17) is 4.74 Å². The second kappa shape index (κ2) is 9.42. The highest BCUT2D eigenvalue weighted by Crippen LogP contribution is 2.26. The fourth-order valence-electron chi connectivity index (χ4n) is 3.66. The van der Waals surface area contributed by atoms with E-state index in [1.807, 2.05) is 61.5 Å². The van der Waals surface area contributed by atoms with E-state index in [2.05, 4.69) is 4.98 Å². The summed E-state index contributed by atoms with van der Waals surface area (Å²) in [6.45, 7) is 3.67. The van der Waals surface area contributed by atoms with Crippen molar-refractivity contribution in [3.05, 3.63) is 111 Å². The minimum atomic E-state index is -0.926. The van der Waals surface area contributed by atoms with Crippen LogP contribution in [0.1, 0.15) is 28.4 Å². The molecule has 3 aromatic carbocycles. The molecule has 1 aromatic heterocycles. The van der Waals surface area contributed by atoms with Crippen LogP contribution in [0.5, 0.6) is 0 Å². The predicted molar refractivity (Wildman–Crippen MR) is 122 cm³/mol. The number of aliphatic hydroxyl groups is 1. The van der Waals surface area contributed by atoms with Crippen LogP contribution in [0.4, 0.5) is 4.39 Å². The van der Waals surface area contributed by atoms with Crippen molar-refractivity contribution in [1.29, 1.82) is 0 Å². The van der Waals surface area contributed by atoms with Gasteiger partial charge < -0.3 is 9.84 Å². The van der Waals surface area contributed by atoms with Crippen molar-refractivity contribution in [2.24, 2.45) is 0 Å². The lowest BCUT2D eigenvalue weighted by molar-refractivity contribution is -0.000989. The predicted octanol–water partition coefficient (Wildman–Crippen LogP) is 4.32. The Morgan fingerprint density at radius 3 is 2.44 bits per heavy atom. The quantitative estimate of drug-likeness (QED) is 0.472. The molecule has 0 spiro atoms. The molecule has 2 unspecified atom stereocenters. The summed E-state index contributed by atoms with van der Waals surface area (Å²) in [5, 5.41) is 10.9. The highest BCUT2D eigenvalue weighted by Gasteiger charge is 2.18. The maximum Gasteiger partial charge on any atom is 0.261 e. The van der Waals surface area contributed by atoms with Crippen molar-refractivity contribution in [3.8, 4) is 0 Å². The fourth-order valence-corrected chi connectivity index (χ4v) is 3.66. The van der Waals surface area contributed by atoms with Crippen LogP contribution in [0.15, 0.2) is 77.9 Å². The normalized spacial score (nSPS) is 13.2. The first-order valence-corrected chi connectivity index (χ1v) is 10.5. The number of ether oxygens (including phenoxy) is 1. The number of halogens is 1. The minimum Gasteiger partial charge on any atom is -0.389 e. The van der Waals surface area contributed by atoms with E-state index in [1.165, 1.54) is 23.0 Å². The molecule has 0 saturated heterocycles. The molecule has 0 amide bonds. The largest absolute Gasteiger partial charge is 0.389 e. The van der Waals surface area contributed by atoms with Crippen molar-refractivity contribution in [1.82, 2.24) is 9.55 Å². The van der Waals surface area contributed by atoms with Gasteiger partial charge >= 0.3 is 0 Å². The van der Waals surface area contributed by atoms with Crippen LogP contribution in [-0.2, 0) is 11.3 Å². The smallest absolute Gasteiger partial charge is 0.261 e. The SMILES string of the molecule is Cc1ccc(C(OCC(O)Cn2cnc3cc(F)c(C)cc3c2=O)c2ccccc2)cc1. The third-order valence-corrected chi connectivity index (χ3v) is 5.45. The molecule has 4 aromatic rings. The Balaban J connectivity index is 1.52. The number of hydrogen-bond acceptors (Lipinski definition) is 4. The monoisotopic (exact) mass is 432 g/mol. The molecule has 1 N–H and O–H groups in total. The summed E-state index contributed by atoms with van der Waals surface area (Å²) in [4.78, 5) is 17.0. The summed E-state index contributed by atoms with van der Waals surface area (Å²) in [6.07, 6.45) is 0.0609. The van der Waals surface area contributed by atoms with Gasteiger partial charge in [0.15, 0.2) is 0 Å². The van der Waals surface area contributed by atoms with Crippen molar-refractivity contribution >= 4 is 10.9 Å². The van der Waals surface area contributed by atoms with Gasteiger partial charge in [-0.15, -0.1) is 0 Å². The summed E-state index contributed by atoms with van der Waals surface area (Å²) in [6, 6.07) is 20.6. The van der Waals surface area contributed by atoms with Crippen LogP contribution < -0.4 is 5.56 Å². The number of aliphatic hydroxyl groups excluding tert-OH is 1. The first-order chi connectivity index (χ1) is 15.4. The summed E-state index contributed by atoms with van der Waals surface area (Å²) >= 11 is 0. The van der Waals surface area contributed by atoms with E-state index in [-0.39, 0.29) is 24.8 Å². The summed E-state index contributed by atoms with van der Waals surface area (Å²) in [7, 11) is 0. The molecule has 0 aliphatic carbocycles. The zero-order chi connectivity index (χ0) is 22.7. The zero-order valence-corrected chi connectivity index (χ0v) is 18.0. The topological polar surface area (TPSA) is 64.3 Å². The second-order valence-corrected chi connectivity index (χ2v) is 8.01. The van der Waals surface area contributed by atoms with Crippen molar-refractivity contribution in [2.75, 3.05) is 6.61 Å². The van der Waals surface area contributed by atoms with Gasteiger partial charge in [-0.3, -0.25) is 9.36 Å². The zero-order valence-electron chi connectivity index (χ0n) is 18.0. The lowest BCUT2D eigenvalue weighted by Crippen LogP contribution is -2.30. The standard InChI is InChI=1S/C26H25FN2O3/c1-17-8-10-20(11-9-17)25(19-6-4-3-5-7-19)32-15-21(30)14-29-16-28-24-13-23(27)18(2)12-22(24)26(29)31/h3-13,16,21,25,30H,14-15H2,1-2H3. The Morgan fingerprint density at radius 1 is 1.03 bits per heavy atom. The van der Waals surface area contributed by atoms with Gasteiger partial charge in [-0.1, -0.05) is 60.2 Å². The Morgan fingerprint density at radius 2 is 1.72 bits per heavy atom.